The van der Waals surface area contributed by atoms with Crippen molar-refractivity contribution in [2.45, 2.75) is 32.2 Å². The van der Waals surface area contributed by atoms with E-state index < -0.39 is 11.7 Å². The normalized spacial score (nSPS) is 10.9. The molecule has 0 fully saturated rings. The Morgan fingerprint density at radius 3 is 2.49 bits per heavy atom. The van der Waals surface area contributed by atoms with E-state index in [0.29, 0.717) is 26.0 Å². The number of aromatic nitrogens is 2. The van der Waals surface area contributed by atoms with Crippen molar-refractivity contribution in [2.75, 3.05) is 20.3 Å². The number of carbonyl (C=O) groups excluding carboxylic acids is 1. The predicted octanol–water partition coefficient (Wildman–Crippen LogP) is 5.41. The molecule has 6 nitrogen and oxygen atoms in total. The molecule has 0 aliphatic carbocycles. The van der Waals surface area contributed by atoms with Crippen molar-refractivity contribution in [3.05, 3.63) is 90.0 Å². The number of amides is 1. The molecule has 1 N–H and O–H groups in total. The number of halogens is 1. The van der Waals surface area contributed by atoms with Crippen LogP contribution in [0.1, 0.15) is 35.4 Å². The van der Waals surface area contributed by atoms with Crippen molar-refractivity contribution in [3.63, 3.8) is 0 Å². The largest absolute Gasteiger partial charge is 0.497 e. The first-order valence-corrected chi connectivity index (χ1v) is 11.9. The summed E-state index contributed by atoms with van der Waals surface area (Å²) in [5.74, 6) is 1.72. The number of rotatable bonds is 12. The predicted molar refractivity (Wildman–Crippen MR) is 135 cm³/mol. The highest BCUT2D eigenvalue weighted by Gasteiger charge is 2.12. The zero-order chi connectivity index (χ0) is 24.5. The topological polar surface area (TPSA) is 65.4 Å². The Bertz CT molecular complexity index is 1250. The fraction of sp³-hybridized carbons (Fsp3) is 0.286. The maximum Gasteiger partial charge on any atom is 0.254 e. The fourth-order valence-corrected chi connectivity index (χ4v) is 3.99. The summed E-state index contributed by atoms with van der Waals surface area (Å²) in [7, 11) is 1.64. The molecule has 0 aliphatic rings. The highest BCUT2D eigenvalue weighted by Crippen LogP contribution is 2.19. The standard InChI is InChI=1S/C28H30FN3O3/c1-34-21-14-16-22(17-15-21)35-20-7-6-19-32-26-12-5-4-11-25(26)31-27(32)13-8-18-30-28(33)23-9-2-3-10-24(23)29/h2-5,9-12,14-17H,6-8,13,18-20H2,1H3,(H,30,33). The van der Waals surface area contributed by atoms with Gasteiger partial charge in [-0.3, -0.25) is 4.79 Å². The van der Waals surface area contributed by atoms with Crippen LogP contribution in [0, 0.1) is 5.82 Å². The monoisotopic (exact) mass is 475 g/mol. The second-order valence-electron chi connectivity index (χ2n) is 8.24. The summed E-state index contributed by atoms with van der Waals surface area (Å²) in [4.78, 5) is 17.0. The third kappa shape index (κ3) is 6.38. The zero-order valence-electron chi connectivity index (χ0n) is 19.9. The smallest absolute Gasteiger partial charge is 0.254 e. The average molecular weight is 476 g/mol. The summed E-state index contributed by atoms with van der Waals surface area (Å²) in [6.45, 7) is 1.92. The van der Waals surface area contributed by atoms with Crippen molar-refractivity contribution in [3.8, 4) is 11.5 Å². The van der Waals surface area contributed by atoms with E-state index in [1.807, 2.05) is 42.5 Å². The van der Waals surface area contributed by atoms with Crippen LogP contribution < -0.4 is 14.8 Å². The number of aryl methyl sites for hydroxylation is 2. The molecule has 0 saturated carbocycles. The van der Waals surface area contributed by atoms with Gasteiger partial charge in [0.2, 0.25) is 0 Å². The number of ether oxygens (including phenoxy) is 2. The van der Waals surface area contributed by atoms with Gasteiger partial charge in [-0.2, -0.15) is 0 Å². The molecule has 0 atom stereocenters. The lowest BCUT2D eigenvalue weighted by molar-refractivity contribution is 0.0949. The quantitative estimate of drug-likeness (QED) is 0.279. The second kappa shape index (κ2) is 12.0. The Morgan fingerprint density at radius 1 is 0.943 bits per heavy atom. The minimum Gasteiger partial charge on any atom is -0.497 e. The SMILES string of the molecule is COc1ccc(OCCCCn2c(CCCNC(=O)c3ccccc3F)nc3ccccc32)cc1. The van der Waals surface area contributed by atoms with Crippen molar-refractivity contribution in [2.24, 2.45) is 0 Å². The highest BCUT2D eigenvalue weighted by atomic mass is 19.1. The lowest BCUT2D eigenvalue weighted by atomic mass is 10.2. The molecule has 4 rings (SSSR count). The van der Waals surface area contributed by atoms with E-state index in [1.165, 1.54) is 12.1 Å². The minimum atomic E-state index is -0.511. The third-order valence-corrected chi connectivity index (χ3v) is 5.82. The molecule has 182 valence electrons. The number of unbranched alkanes of at least 4 members (excludes halogenated alkanes) is 1. The van der Waals surface area contributed by atoms with Crippen LogP contribution in [-0.2, 0) is 13.0 Å². The number of para-hydroxylation sites is 2. The van der Waals surface area contributed by atoms with E-state index in [2.05, 4.69) is 16.0 Å². The number of hydrogen-bond donors (Lipinski definition) is 1. The van der Waals surface area contributed by atoms with Crippen LogP contribution in [0.4, 0.5) is 4.39 Å². The molecule has 1 amide bonds. The molecule has 3 aromatic carbocycles. The van der Waals surface area contributed by atoms with Gasteiger partial charge in [-0.15, -0.1) is 0 Å². The van der Waals surface area contributed by atoms with E-state index in [4.69, 9.17) is 14.5 Å². The van der Waals surface area contributed by atoms with Gasteiger partial charge in [-0.05, 0) is 67.8 Å². The van der Waals surface area contributed by atoms with Crippen molar-refractivity contribution < 1.29 is 18.7 Å². The number of benzene rings is 3. The number of fused-ring (bicyclic) bond motifs is 1. The Kier molecular flexibility index (Phi) is 8.33. The lowest BCUT2D eigenvalue weighted by Crippen LogP contribution is -2.25. The van der Waals surface area contributed by atoms with Crippen LogP contribution in [0.5, 0.6) is 11.5 Å². The van der Waals surface area contributed by atoms with Gasteiger partial charge in [0.15, 0.2) is 0 Å². The molecule has 0 radical (unpaired) electrons. The van der Waals surface area contributed by atoms with E-state index in [-0.39, 0.29) is 5.56 Å². The molecule has 0 unspecified atom stereocenters. The molecular formula is C28H30FN3O3. The van der Waals surface area contributed by atoms with Crippen LogP contribution in [0.3, 0.4) is 0 Å². The van der Waals surface area contributed by atoms with Crippen molar-refractivity contribution >= 4 is 16.9 Å². The Hall–Kier alpha value is -3.87. The van der Waals surface area contributed by atoms with Crippen LogP contribution in [0.15, 0.2) is 72.8 Å². The number of hydrogen-bond acceptors (Lipinski definition) is 4. The molecular weight excluding hydrogens is 445 g/mol. The highest BCUT2D eigenvalue weighted by molar-refractivity contribution is 5.94. The van der Waals surface area contributed by atoms with Gasteiger partial charge >= 0.3 is 0 Å². The Labute approximate surface area is 204 Å². The number of carbonyl (C=O) groups is 1. The second-order valence-corrected chi connectivity index (χ2v) is 8.24. The number of methoxy groups -OCH3 is 1. The summed E-state index contributed by atoms with van der Waals surface area (Å²) in [5, 5.41) is 2.81. The summed E-state index contributed by atoms with van der Waals surface area (Å²) < 4.78 is 27.1. The van der Waals surface area contributed by atoms with Gasteiger partial charge in [0, 0.05) is 19.5 Å². The Morgan fingerprint density at radius 2 is 1.69 bits per heavy atom. The third-order valence-electron chi connectivity index (χ3n) is 5.82. The minimum absolute atomic E-state index is 0.0663. The van der Waals surface area contributed by atoms with E-state index in [1.54, 1.807) is 19.2 Å². The van der Waals surface area contributed by atoms with E-state index in [9.17, 15) is 9.18 Å². The first-order chi connectivity index (χ1) is 17.2. The van der Waals surface area contributed by atoms with Gasteiger partial charge in [-0.25, -0.2) is 9.37 Å². The fourth-order valence-electron chi connectivity index (χ4n) is 3.99. The van der Waals surface area contributed by atoms with Gasteiger partial charge in [0.25, 0.3) is 5.91 Å². The number of nitrogens with one attached hydrogen (secondary N) is 1. The summed E-state index contributed by atoms with van der Waals surface area (Å²) in [5.41, 5.74) is 2.14. The molecule has 7 heteroatoms. The first-order valence-electron chi connectivity index (χ1n) is 11.9. The van der Waals surface area contributed by atoms with E-state index in [0.717, 1.165) is 47.7 Å². The molecule has 0 bridgehead atoms. The maximum absolute atomic E-state index is 13.8. The van der Waals surface area contributed by atoms with Crippen LogP contribution in [0.25, 0.3) is 11.0 Å². The molecule has 0 aliphatic heterocycles. The van der Waals surface area contributed by atoms with Crippen molar-refractivity contribution in [1.29, 1.82) is 0 Å². The van der Waals surface area contributed by atoms with Crippen LogP contribution in [0.2, 0.25) is 0 Å². The van der Waals surface area contributed by atoms with E-state index >= 15 is 0 Å². The first kappa shape index (κ1) is 24.3. The van der Waals surface area contributed by atoms with Gasteiger partial charge in [-0.1, -0.05) is 24.3 Å². The van der Waals surface area contributed by atoms with Gasteiger partial charge < -0.3 is 19.4 Å². The molecule has 0 spiro atoms. The van der Waals surface area contributed by atoms with Crippen LogP contribution in [-0.4, -0.2) is 35.7 Å². The summed E-state index contributed by atoms with van der Waals surface area (Å²) >= 11 is 0. The Balaban J connectivity index is 1.28. The molecule has 1 aromatic heterocycles. The lowest BCUT2D eigenvalue weighted by Gasteiger charge is -2.11. The zero-order valence-corrected chi connectivity index (χ0v) is 19.9. The summed E-state index contributed by atoms with van der Waals surface area (Å²) in [6.07, 6.45) is 3.29. The molecule has 4 aromatic rings. The van der Waals surface area contributed by atoms with Gasteiger partial charge in [0.1, 0.15) is 23.1 Å². The average Bonchev–Trinajstić information content (AvgIpc) is 3.24. The van der Waals surface area contributed by atoms with Gasteiger partial charge in [0.05, 0.1) is 30.3 Å². The summed E-state index contributed by atoms with van der Waals surface area (Å²) in [6, 6.07) is 21.7. The number of imidazole rings is 1. The maximum atomic E-state index is 13.8. The molecule has 0 saturated heterocycles. The molecule has 1 heterocycles. The number of nitrogens with zero attached hydrogens (tertiary/aromatic N) is 2. The van der Waals surface area contributed by atoms with Crippen LogP contribution >= 0.6 is 0 Å². The van der Waals surface area contributed by atoms with Crippen molar-refractivity contribution in [1.82, 2.24) is 14.9 Å². The molecule has 35 heavy (non-hydrogen) atoms.